The van der Waals surface area contributed by atoms with Crippen molar-refractivity contribution in [3.63, 3.8) is 0 Å². The summed E-state index contributed by atoms with van der Waals surface area (Å²) in [5, 5.41) is 5.58. The molecular weight excluding hydrogens is 419 g/mol. The molecule has 1 amide bonds. The number of alkyl halides is 3. The lowest BCUT2D eigenvalue weighted by molar-refractivity contribution is -0.137. The number of rotatable bonds is 5. The van der Waals surface area contributed by atoms with Gasteiger partial charge in [-0.2, -0.15) is 17.5 Å². The van der Waals surface area contributed by atoms with Crippen LogP contribution in [0.1, 0.15) is 23.6 Å². The number of halogens is 3. The van der Waals surface area contributed by atoms with Crippen molar-refractivity contribution in [1.29, 1.82) is 0 Å². The first kappa shape index (κ1) is 22.1. The van der Waals surface area contributed by atoms with Crippen LogP contribution in [0.5, 0.6) is 0 Å². The lowest BCUT2D eigenvalue weighted by atomic mass is 9.98. The van der Waals surface area contributed by atoms with Crippen molar-refractivity contribution in [2.24, 2.45) is 0 Å². The van der Waals surface area contributed by atoms with E-state index >= 15 is 0 Å². The summed E-state index contributed by atoms with van der Waals surface area (Å²) in [4.78, 5) is 12.5. The number of carbonyl (C=O) groups is 1. The van der Waals surface area contributed by atoms with Crippen molar-refractivity contribution >= 4 is 27.3 Å². The number of anilines is 2. The molecule has 6 nitrogen and oxygen atoms in total. The summed E-state index contributed by atoms with van der Waals surface area (Å²) in [7, 11) is -3.30. The molecule has 0 aromatic heterocycles. The average molecular weight is 441 g/mol. The Bertz CT molecular complexity index is 1050. The molecule has 1 heterocycles. The molecule has 30 heavy (non-hydrogen) atoms. The molecule has 0 saturated heterocycles. The molecule has 162 valence electrons. The molecule has 0 aliphatic carbocycles. The van der Waals surface area contributed by atoms with Gasteiger partial charge < -0.3 is 10.6 Å². The van der Waals surface area contributed by atoms with E-state index in [0.717, 1.165) is 23.3 Å². The normalized spacial score (nSPS) is 15.9. The molecule has 0 saturated carbocycles. The Morgan fingerprint density at radius 2 is 1.87 bits per heavy atom. The molecule has 0 bridgehead atoms. The number of amides is 1. The van der Waals surface area contributed by atoms with Gasteiger partial charge in [-0.25, -0.2) is 8.42 Å². The van der Waals surface area contributed by atoms with E-state index in [-0.39, 0.29) is 12.2 Å². The minimum Gasteiger partial charge on any atom is -0.374 e. The number of nitrogens with zero attached hydrogens (tertiary/aromatic N) is 1. The van der Waals surface area contributed by atoms with Crippen LogP contribution >= 0.6 is 0 Å². The van der Waals surface area contributed by atoms with Crippen LogP contribution in [0.3, 0.4) is 0 Å². The van der Waals surface area contributed by atoms with Gasteiger partial charge >= 0.3 is 6.18 Å². The molecule has 1 atom stereocenters. The Morgan fingerprint density at radius 1 is 1.17 bits per heavy atom. The summed E-state index contributed by atoms with van der Waals surface area (Å²) in [6, 6.07) is 9.13. The Kier molecular flexibility index (Phi) is 6.09. The summed E-state index contributed by atoms with van der Waals surface area (Å²) < 4.78 is 63.5. The topological polar surface area (TPSA) is 78.5 Å². The monoisotopic (exact) mass is 441 g/mol. The third kappa shape index (κ3) is 5.11. The molecule has 2 aromatic carbocycles. The van der Waals surface area contributed by atoms with E-state index in [1.165, 1.54) is 22.7 Å². The molecule has 0 radical (unpaired) electrons. The van der Waals surface area contributed by atoms with Crippen LogP contribution in [0.2, 0.25) is 0 Å². The minimum absolute atomic E-state index is 0.0577. The summed E-state index contributed by atoms with van der Waals surface area (Å²) in [5.41, 5.74) is 1.70. The molecule has 0 fully saturated rings. The number of hydrogen-bond acceptors (Lipinski definition) is 4. The fourth-order valence-corrected chi connectivity index (χ4v) is 4.12. The van der Waals surface area contributed by atoms with E-state index in [2.05, 4.69) is 10.6 Å². The number of sulfonamides is 1. The zero-order valence-corrected chi connectivity index (χ0v) is 17.3. The van der Waals surface area contributed by atoms with Gasteiger partial charge in [0.2, 0.25) is 15.9 Å². The average Bonchev–Trinajstić information content (AvgIpc) is 2.66. The summed E-state index contributed by atoms with van der Waals surface area (Å²) >= 11 is 0. The van der Waals surface area contributed by atoms with Crippen molar-refractivity contribution in [3.8, 4) is 0 Å². The van der Waals surface area contributed by atoms with Crippen molar-refractivity contribution in [3.05, 3.63) is 59.2 Å². The van der Waals surface area contributed by atoms with E-state index in [0.29, 0.717) is 18.7 Å². The van der Waals surface area contributed by atoms with Crippen LogP contribution < -0.4 is 10.6 Å². The van der Waals surface area contributed by atoms with Crippen LogP contribution in [0.15, 0.2) is 42.5 Å². The highest BCUT2D eigenvalue weighted by Crippen LogP contribution is 2.31. The fraction of sp³-hybridized carbons (Fsp3) is 0.350. The summed E-state index contributed by atoms with van der Waals surface area (Å²) in [6.45, 7) is 2.21. The third-order valence-electron chi connectivity index (χ3n) is 4.92. The maximum Gasteiger partial charge on any atom is 0.416 e. The Balaban J connectivity index is 1.71. The quantitative estimate of drug-likeness (QED) is 0.745. The maximum absolute atomic E-state index is 12.8. The third-order valence-corrected chi connectivity index (χ3v) is 6.17. The highest BCUT2D eigenvalue weighted by atomic mass is 32.2. The molecular formula is C20H22F3N3O3S. The fourth-order valence-electron chi connectivity index (χ4n) is 3.32. The van der Waals surface area contributed by atoms with E-state index in [1.54, 1.807) is 19.1 Å². The summed E-state index contributed by atoms with van der Waals surface area (Å²) in [5.74, 6) is -0.486. The number of carbonyl (C=O) groups excluding carboxylic acids is 1. The number of benzene rings is 2. The maximum atomic E-state index is 12.8. The zero-order chi connectivity index (χ0) is 22.1. The summed E-state index contributed by atoms with van der Waals surface area (Å²) in [6.07, 6.45) is -2.83. The number of hydrogen-bond donors (Lipinski definition) is 2. The smallest absolute Gasteiger partial charge is 0.374 e. The van der Waals surface area contributed by atoms with Gasteiger partial charge in [-0.05, 0) is 48.7 Å². The number of nitrogens with one attached hydrogen (secondary N) is 2. The number of fused-ring (bicyclic) bond motifs is 1. The SMILES string of the molecule is CC(Nc1cccc2c1CCN(S(C)(=O)=O)C2)C(=O)Nc1cccc(C(F)(F)F)c1. The standard InChI is InChI=1S/C20H22F3N3O3S/c1-13(19(27)25-16-7-4-6-15(11-16)20(21,22)23)24-18-8-3-5-14-12-26(30(2,28)29)10-9-17(14)18/h3-8,11,13,24H,9-10,12H2,1-2H3,(H,25,27). The lowest BCUT2D eigenvalue weighted by Gasteiger charge is -2.29. The van der Waals surface area contributed by atoms with Crippen molar-refractivity contribution in [2.45, 2.75) is 32.1 Å². The largest absolute Gasteiger partial charge is 0.416 e. The van der Waals surface area contributed by atoms with E-state index in [1.807, 2.05) is 6.07 Å². The Morgan fingerprint density at radius 3 is 2.53 bits per heavy atom. The van der Waals surface area contributed by atoms with E-state index in [4.69, 9.17) is 0 Å². The minimum atomic E-state index is -4.49. The van der Waals surface area contributed by atoms with Gasteiger partial charge in [0.25, 0.3) is 0 Å². The second-order valence-electron chi connectivity index (χ2n) is 7.22. The van der Waals surface area contributed by atoms with E-state index < -0.39 is 33.7 Å². The predicted molar refractivity (Wildman–Crippen MR) is 109 cm³/mol. The lowest BCUT2D eigenvalue weighted by Crippen LogP contribution is -2.36. The second-order valence-corrected chi connectivity index (χ2v) is 9.21. The zero-order valence-electron chi connectivity index (χ0n) is 16.5. The van der Waals surface area contributed by atoms with Gasteiger partial charge in [-0.1, -0.05) is 18.2 Å². The van der Waals surface area contributed by atoms with Crippen molar-refractivity contribution in [1.82, 2.24) is 4.31 Å². The predicted octanol–water partition coefficient (Wildman–Crippen LogP) is 3.46. The van der Waals surface area contributed by atoms with Crippen LogP contribution in [0.4, 0.5) is 24.5 Å². The van der Waals surface area contributed by atoms with Gasteiger partial charge in [0.15, 0.2) is 0 Å². The molecule has 3 rings (SSSR count). The molecule has 1 unspecified atom stereocenters. The molecule has 2 N–H and O–H groups in total. The molecule has 2 aromatic rings. The first-order valence-electron chi connectivity index (χ1n) is 9.25. The molecule has 0 spiro atoms. The van der Waals surface area contributed by atoms with Crippen molar-refractivity contribution < 1.29 is 26.4 Å². The van der Waals surface area contributed by atoms with Gasteiger partial charge in [0, 0.05) is 24.5 Å². The van der Waals surface area contributed by atoms with Gasteiger partial charge in [-0.15, -0.1) is 0 Å². The van der Waals surface area contributed by atoms with E-state index in [9.17, 15) is 26.4 Å². The Labute approximate surface area is 173 Å². The van der Waals surface area contributed by atoms with Crippen LogP contribution in [-0.4, -0.2) is 37.5 Å². The first-order valence-corrected chi connectivity index (χ1v) is 11.1. The van der Waals surface area contributed by atoms with Gasteiger partial charge in [0.05, 0.1) is 11.8 Å². The second kappa shape index (κ2) is 8.27. The van der Waals surface area contributed by atoms with Crippen LogP contribution in [0.25, 0.3) is 0 Å². The van der Waals surface area contributed by atoms with Crippen LogP contribution in [0, 0.1) is 0 Å². The van der Waals surface area contributed by atoms with Crippen molar-refractivity contribution in [2.75, 3.05) is 23.4 Å². The first-order chi connectivity index (χ1) is 13.9. The van der Waals surface area contributed by atoms with Gasteiger partial charge in [0.1, 0.15) is 6.04 Å². The molecule has 1 aliphatic rings. The highest BCUT2D eigenvalue weighted by Gasteiger charge is 2.30. The van der Waals surface area contributed by atoms with Crippen LogP contribution in [-0.2, 0) is 34.0 Å². The molecule has 10 heteroatoms. The Hall–Kier alpha value is -2.59. The highest BCUT2D eigenvalue weighted by molar-refractivity contribution is 7.88. The molecule has 1 aliphatic heterocycles. The van der Waals surface area contributed by atoms with Gasteiger partial charge in [-0.3, -0.25) is 4.79 Å².